The Bertz CT molecular complexity index is 2120. The number of hydrogen-bond donors (Lipinski definition) is 3. The van der Waals surface area contributed by atoms with Gasteiger partial charge in [0.2, 0.25) is 5.79 Å². The van der Waals surface area contributed by atoms with Gasteiger partial charge in [0.05, 0.1) is 24.9 Å². The van der Waals surface area contributed by atoms with Crippen LogP contribution in [0.2, 0.25) is 0 Å². The molecule has 0 spiro atoms. The summed E-state index contributed by atoms with van der Waals surface area (Å²) in [5.41, 5.74) is 1.24. The van der Waals surface area contributed by atoms with Gasteiger partial charge in [0, 0.05) is 71.6 Å². The van der Waals surface area contributed by atoms with Gasteiger partial charge in [-0.1, -0.05) is 77.0 Å². The molecule has 15 atom stereocenters. The number of nitrogens with zero attached hydrogens (tertiary/aromatic N) is 2. The number of piperidine rings is 1. The number of allylic oxidation sites excluding steroid dienone is 6. The van der Waals surface area contributed by atoms with E-state index in [1.807, 2.05) is 70.0 Å². The number of Topliss-reactive ketones (excluding diaryl/α,β-unsaturated/α-hetero) is 3. The van der Waals surface area contributed by atoms with E-state index in [4.69, 9.17) is 34.8 Å². The van der Waals surface area contributed by atoms with E-state index in [0.717, 1.165) is 5.57 Å². The van der Waals surface area contributed by atoms with Crippen molar-refractivity contribution in [2.75, 3.05) is 54.6 Å². The lowest BCUT2D eigenvalue weighted by Crippen LogP contribution is -2.61. The fourth-order valence-corrected chi connectivity index (χ4v) is 11.2. The van der Waals surface area contributed by atoms with E-state index in [1.165, 1.54) is 12.0 Å². The molecule has 1 aliphatic carbocycles. The van der Waals surface area contributed by atoms with E-state index in [0.29, 0.717) is 95.8 Å². The molecule has 3 N–H and O–H groups in total. The lowest BCUT2D eigenvalue weighted by molar-refractivity contribution is -0.265. The number of carbonyl (C=O) groups excluding carboxylic acids is 6. The zero-order valence-electron chi connectivity index (χ0n) is 47.3. The molecule has 3 fully saturated rings. The highest BCUT2D eigenvalue weighted by Gasteiger charge is 2.53. The number of ketones is 3. The van der Waals surface area contributed by atoms with Gasteiger partial charge in [0.1, 0.15) is 36.2 Å². The largest absolute Gasteiger partial charge is 0.460 e. The molecule has 0 aromatic rings. The Morgan fingerprint density at radius 3 is 2.36 bits per heavy atom. The number of aliphatic hydroxyl groups is 2. The van der Waals surface area contributed by atoms with Crippen molar-refractivity contribution in [1.82, 2.24) is 15.1 Å². The zero-order chi connectivity index (χ0) is 56.3. The summed E-state index contributed by atoms with van der Waals surface area (Å²) in [5.74, 6) is -5.75. The van der Waals surface area contributed by atoms with E-state index >= 15 is 0 Å². The zero-order valence-corrected chi connectivity index (χ0v) is 47.3. The molecule has 0 aromatic carbocycles. The molecule has 17 heteroatoms. The molecule has 17 nitrogen and oxygen atoms in total. The number of cyclic esters (lactones) is 1. The summed E-state index contributed by atoms with van der Waals surface area (Å²) in [7, 11) is 6.43. The Labute approximate surface area is 452 Å². The second-order valence-corrected chi connectivity index (χ2v) is 22.2. The number of rotatable bonds is 12. The summed E-state index contributed by atoms with van der Waals surface area (Å²) in [6.07, 6.45) is 16.2. The van der Waals surface area contributed by atoms with Gasteiger partial charge in [-0.15, -0.1) is 6.42 Å². The molecule has 3 heterocycles. The molecular formula is C59H91N3O14. The number of terminal acetylenes is 1. The van der Waals surface area contributed by atoms with Gasteiger partial charge in [-0.2, -0.15) is 0 Å². The average Bonchev–Trinajstić information content (AvgIpc) is 3.39. The van der Waals surface area contributed by atoms with Crippen LogP contribution in [-0.2, 0) is 52.4 Å². The third kappa shape index (κ3) is 18.3. The molecule has 4 aliphatic rings. The quantitative estimate of drug-likeness (QED) is 0.0598. The van der Waals surface area contributed by atoms with Crippen molar-refractivity contribution in [2.24, 2.45) is 35.5 Å². The lowest BCUT2D eigenvalue weighted by atomic mass is 9.78. The predicted octanol–water partition coefficient (Wildman–Crippen LogP) is 6.87. The smallest absolute Gasteiger partial charge is 0.407 e. The number of methoxy groups -OCH3 is 3. The minimum absolute atomic E-state index is 0.00166. The highest BCUT2D eigenvalue weighted by atomic mass is 16.6. The molecule has 2 saturated heterocycles. The summed E-state index contributed by atoms with van der Waals surface area (Å²) in [5, 5.41) is 26.4. The minimum Gasteiger partial charge on any atom is -0.460 e. The monoisotopic (exact) mass is 1070 g/mol. The van der Waals surface area contributed by atoms with Crippen molar-refractivity contribution in [3.05, 3.63) is 47.6 Å². The summed E-state index contributed by atoms with van der Waals surface area (Å²) in [4.78, 5) is 87.4. The van der Waals surface area contributed by atoms with E-state index < -0.39 is 102 Å². The number of esters is 1. The third-order valence-electron chi connectivity index (χ3n) is 16.1. The number of aliphatic hydroxyl groups excluding tert-OH is 1. The van der Waals surface area contributed by atoms with Gasteiger partial charge in [-0.25, -0.2) is 9.59 Å². The number of nitrogens with one attached hydrogen (secondary N) is 1. The molecule has 426 valence electrons. The van der Waals surface area contributed by atoms with Crippen LogP contribution in [0.1, 0.15) is 132 Å². The highest BCUT2D eigenvalue weighted by Crippen LogP contribution is 2.38. The summed E-state index contributed by atoms with van der Waals surface area (Å²) in [6, 6.07) is -1.18. The first kappa shape index (κ1) is 64.0. The van der Waals surface area contributed by atoms with Crippen LogP contribution in [0.3, 0.4) is 0 Å². The van der Waals surface area contributed by atoms with Crippen molar-refractivity contribution in [3.8, 4) is 12.3 Å². The van der Waals surface area contributed by atoms with Crippen molar-refractivity contribution in [3.63, 3.8) is 0 Å². The molecule has 0 unspecified atom stereocenters. The molecule has 4 rings (SSSR count). The number of carbonyl (C=O) groups is 6. The molecular weight excluding hydrogens is 975 g/mol. The van der Waals surface area contributed by atoms with E-state index in [2.05, 4.69) is 11.2 Å². The number of hydrogen-bond acceptors (Lipinski definition) is 15. The third-order valence-corrected chi connectivity index (χ3v) is 16.1. The van der Waals surface area contributed by atoms with E-state index in [9.17, 15) is 39.0 Å². The molecule has 2 amide bonds. The fraction of sp³-hybridized carbons (Fsp3) is 0.729. The first-order chi connectivity index (χ1) is 36.1. The summed E-state index contributed by atoms with van der Waals surface area (Å²) < 4.78 is 35.7. The SMILES string of the molecule is C#CCN(C)CCCNC(=O)O[C@@H]1CC[C@@H](C[C@@H](C)[C@@H]2CC(=O)[C@H](C)/C=C(\C)[C@@H](O)[C@@H](OC)C(=O)[C@H](C)C[C@H](C)/C=C/C=C/C=C(\C)[C@@H](OC)C[C@@H]3CC[C@@H](C)[C@@](O)(O3)C(=O)C(=O)N3CCCC[C@H]3C(=O)O2)C[C@H]1OC. The molecule has 1 saturated carbocycles. The van der Waals surface area contributed by atoms with Crippen LogP contribution in [0, 0.1) is 47.9 Å². The second-order valence-electron chi connectivity index (χ2n) is 22.2. The van der Waals surface area contributed by atoms with E-state index in [-0.39, 0.29) is 42.8 Å². The Morgan fingerprint density at radius 1 is 0.934 bits per heavy atom. The molecule has 0 radical (unpaired) electrons. The van der Waals surface area contributed by atoms with Crippen molar-refractivity contribution in [1.29, 1.82) is 0 Å². The van der Waals surface area contributed by atoms with Gasteiger partial charge < -0.3 is 48.9 Å². The van der Waals surface area contributed by atoms with Gasteiger partial charge in [0.25, 0.3) is 11.7 Å². The Kier molecular flexibility index (Phi) is 26.2. The van der Waals surface area contributed by atoms with Crippen molar-refractivity contribution >= 4 is 35.3 Å². The van der Waals surface area contributed by atoms with Crippen LogP contribution in [0.4, 0.5) is 4.79 Å². The van der Waals surface area contributed by atoms with Gasteiger partial charge >= 0.3 is 12.1 Å². The number of alkyl carbamates (subject to hydrolysis) is 1. The van der Waals surface area contributed by atoms with Crippen LogP contribution in [0.15, 0.2) is 47.6 Å². The van der Waals surface area contributed by atoms with Gasteiger partial charge in [-0.3, -0.25) is 24.1 Å². The summed E-state index contributed by atoms with van der Waals surface area (Å²) in [6.45, 7) is 14.3. The Hall–Kier alpha value is -4.54. The van der Waals surface area contributed by atoms with Crippen molar-refractivity contribution < 1.29 is 67.4 Å². The van der Waals surface area contributed by atoms with E-state index in [1.54, 1.807) is 41.1 Å². The molecule has 76 heavy (non-hydrogen) atoms. The van der Waals surface area contributed by atoms with Gasteiger partial charge in [-0.05, 0) is 120 Å². The summed E-state index contributed by atoms with van der Waals surface area (Å²) >= 11 is 0. The van der Waals surface area contributed by atoms with Crippen LogP contribution in [0.25, 0.3) is 0 Å². The maximum Gasteiger partial charge on any atom is 0.407 e. The number of ether oxygens (including phenoxy) is 6. The van der Waals surface area contributed by atoms with Crippen LogP contribution in [0.5, 0.6) is 0 Å². The molecule has 2 bridgehead atoms. The molecule has 3 aliphatic heterocycles. The fourth-order valence-electron chi connectivity index (χ4n) is 11.2. The predicted molar refractivity (Wildman–Crippen MR) is 288 cm³/mol. The first-order valence-corrected chi connectivity index (χ1v) is 27.6. The number of fused-ring (bicyclic) bond motifs is 3. The van der Waals surface area contributed by atoms with Crippen LogP contribution < -0.4 is 5.32 Å². The Morgan fingerprint density at radius 2 is 1.67 bits per heavy atom. The minimum atomic E-state index is -2.46. The maximum atomic E-state index is 14.6. The normalized spacial score (nSPS) is 36.1. The topological polar surface area (TPSA) is 217 Å². The standard InChI is InChI=1S/C59H91N3O14/c1-13-28-61(9)29-19-27-60-58(69)75-48-26-24-44(34-51(48)72-11)33-40(5)50-36-47(63)39(4)32-42(7)53(65)54(73-12)52(64)41(6)31-37(2)20-15-14-16-21-38(3)49(71-10)35-45-25-23-43(8)59(70,76-45)55(66)56(67)62-30-18-17-22-46(62)57(68)74-50/h1,14-16,20-21,32,37,39-41,43-46,48-51,53-54,65,70H,17-19,22-31,33-36H2,2-12H3,(H,60,69)/b16-14+,20-15+,38-21+,42-32+/t37-,39-,40-,41-,43-,44+,45+,46+,48-,49+,50+,51-,53-,54+,59-/m1/s1. The molecule has 0 aromatic heterocycles. The van der Waals surface area contributed by atoms with Crippen LogP contribution in [-0.4, -0.2) is 164 Å². The average molecular weight is 1070 g/mol. The van der Waals surface area contributed by atoms with Crippen molar-refractivity contribution in [2.45, 2.75) is 186 Å². The first-order valence-electron chi connectivity index (χ1n) is 27.6. The van der Waals surface area contributed by atoms with Crippen LogP contribution >= 0.6 is 0 Å². The van der Waals surface area contributed by atoms with Gasteiger partial charge in [0.15, 0.2) is 5.78 Å². The lowest BCUT2D eigenvalue weighted by Gasteiger charge is -2.42. The second kappa shape index (κ2) is 31.2. The number of amides is 2. The maximum absolute atomic E-state index is 14.6. The highest BCUT2D eigenvalue weighted by molar-refractivity contribution is 6.39. The Balaban J connectivity index is 1.64.